The van der Waals surface area contributed by atoms with Crippen LogP contribution in [-0.2, 0) is 14.8 Å². The molecule has 0 aliphatic heterocycles. The lowest BCUT2D eigenvalue weighted by molar-refractivity contribution is -0.114. The third-order valence-corrected chi connectivity index (χ3v) is 5.80. The number of aryl methyl sites for hydroxylation is 1. The van der Waals surface area contributed by atoms with Gasteiger partial charge in [-0.2, -0.15) is 0 Å². The Hall–Kier alpha value is -3.65. The molecule has 3 aromatic carbocycles. The van der Waals surface area contributed by atoms with E-state index in [1.54, 1.807) is 31.2 Å². The molecule has 3 rings (SSSR count). The van der Waals surface area contributed by atoms with Gasteiger partial charge in [0.15, 0.2) is 0 Å². The minimum atomic E-state index is -3.83. The summed E-state index contributed by atoms with van der Waals surface area (Å²) in [5.74, 6) is -1.23. The van der Waals surface area contributed by atoms with Crippen molar-refractivity contribution in [3.63, 3.8) is 0 Å². The summed E-state index contributed by atoms with van der Waals surface area (Å²) in [6.45, 7) is 3.07. The third kappa shape index (κ3) is 4.84. The van der Waals surface area contributed by atoms with Crippen LogP contribution in [0.1, 0.15) is 22.8 Å². The average Bonchev–Trinajstić information content (AvgIpc) is 2.69. The van der Waals surface area contributed by atoms with Gasteiger partial charge in [0.2, 0.25) is 5.91 Å². The summed E-state index contributed by atoms with van der Waals surface area (Å²) in [6.07, 6.45) is 0. The number of rotatable bonds is 6. The molecule has 1 amide bonds. The first-order valence-electron chi connectivity index (χ1n) is 9.00. The smallest absolute Gasteiger partial charge is 0.335 e. The molecule has 7 nitrogen and oxygen atoms in total. The van der Waals surface area contributed by atoms with Crippen molar-refractivity contribution in [3.05, 3.63) is 77.9 Å². The molecule has 154 valence electrons. The molecule has 0 unspecified atom stereocenters. The number of carbonyl (C=O) groups is 2. The highest BCUT2D eigenvalue weighted by molar-refractivity contribution is 7.92. The van der Waals surface area contributed by atoms with Gasteiger partial charge in [-0.3, -0.25) is 9.52 Å². The van der Waals surface area contributed by atoms with E-state index in [9.17, 15) is 18.0 Å². The second-order valence-electron chi connectivity index (χ2n) is 6.72. The van der Waals surface area contributed by atoms with Gasteiger partial charge in [0.1, 0.15) is 0 Å². The SMILES string of the molecule is CC(=O)Nc1ccc(-c2ccc(S(=O)(=O)Nc3ccc(C(=O)O)cc3C)cc2)cc1. The molecule has 0 atom stereocenters. The van der Waals surface area contributed by atoms with Crippen molar-refractivity contribution in [2.45, 2.75) is 18.7 Å². The molecule has 30 heavy (non-hydrogen) atoms. The third-order valence-electron chi connectivity index (χ3n) is 4.42. The number of hydrogen-bond acceptors (Lipinski definition) is 4. The van der Waals surface area contributed by atoms with E-state index in [0.717, 1.165) is 11.1 Å². The van der Waals surface area contributed by atoms with E-state index in [1.165, 1.54) is 37.3 Å². The highest BCUT2D eigenvalue weighted by atomic mass is 32.2. The van der Waals surface area contributed by atoms with Crippen molar-refractivity contribution >= 4 is 33.3 Å². The molecule has 0 bridgehead atoms. The summed E-state index contributed by atoms with van der Waals surface area (Å²) < 4.78 is 27.9. The molecule has 0 heterocycles. The molecule has 3 N–H and O–H groups in total. The number of carboxylic acids is 1. The molecular weight excluding hydrogens is 404 g/mol. The minimum Gasteiger partial charge on any atom is -0.478 e. The van der Waals surface area contributed by atoms with Crippen molar-refractivity contribution in [2.75, 3.05) is 10.0 Å². The summed E-state index contributed by atoms with van der Waals surface area (Å²) in [6, 6.07) is 17.8. The first kappa shape index (κ1) is 21.1. The van der Waals surface area contributed by atoms with Crippen molar-refractivity contribution in [1.29, 1.82) is 0 Å². The number of amides is 1. The molecule has 0 aliphatic rings. The van der Waals surface area contributed by atoms with Crippen molar-refractivity contribution in [3.8, 4) is 11.1 Å². The van der Waals surface area contributed by atoms with E-state index in [4.69, 9.17) is 5.11 Å². The van der Waals surface area contributed by atoms with Crippen molar-refractivity contribution in [2.24, 2.45) is 0 Å². The molecule has 0 aromatic heterocycles. The van der Waals surface area contributed by atoms with E-state index in [2.05, 4.69) is 10.0 Å². The Kier molecular flexibility index (Phi) is 5.89. The second-order valence-corrected chi connectivity index (χ2v) is 8.41. The van der Waals surface area contributed by atoms with Gasteiger partial charge in [0.25, 0.3) is 10.0 Å². The Morgan fingerprint density at radius 3 is 1.93 bits per heavy atom. The van der Waals surface area contributed by atoms with Crippen molar-refractivity contribution < 1.29 is 23.1 Å². The molecule has 0 aliphatic carbocycles. The Morgan fingerprint density at radius 2 is 1.43 bits per heavy atom. The van der Waals surface area contributed by atoms with E-state index < -0.39 is 16.0 Å². The fraction of sp³-hybridized carbons (Fsp3) is 0.0909. The summed E-state index contributed by atoms with van der Waals surface area (Å²) in [5.41, 5.74) is 3.29. The van der Waals surface area contributed by atoms with Crippen LogP contribution in [0.4, 0.5) is 11.4 Å². The standard InChI is InChI=1S/C22H20N2O5S/c1-14-13-18(22(26)27)7-12-21(14)24-30(28,29)20-10-5-17(6-11-20)16-3-8-19(9-4-16)23-15(2)25/h3-13,24H,1-2H3,(H,23,25)(H,26,27). The van der Waals surface area contributed by atoms with Crippen LogP contribution >= 0.6 is 0 Å². The lowest BCUT2D eigenvalue weighted by Crippen LogP contribution is -2.14. The maximum Gasteiger partial charge on any atom is 0.335 e. The number of carboxylic acid groups (broad SMARTS) is 1. The normalized spacial score (nSPS) is 11.0. The van der Waals surface area contributed by atoms with Crippen LogP contribution in [0, 0.1) is 6.92 Å². The van der Waals surface area contributed by atoms with Gasteiger partial charge >= 0.3 is 5.97 Å². The number of aromatic carboxylic acids is 1. The van der Waals surface area contributed by atoms with Gasteiger partial charge in [-0.05, 0) is 66.1 Å². The predicted molar refractivity (Wildman–Crippen MR) is 115 cm³/mol. The Morgan fingerprint density at radius 1 is 0.867 bits per heavy atom. The number of sulfonamides is 1. The summed E-state index contributed by atoms with van der Waals surface area (Å²) in [4.78, 5) is 22.2. The number of anilines is 2. The molecule has 8 heteroatoms. The maximum atomic E-state index is 12.7. The van der Waals surface area contributed by atoms with Crippen LogP contribution in [0.3, 0.4) is 0 Å². The summed E-state index contributed by atoms with van der Waals surface area (Å²) in [5, 5.41) is 11.7. The molecule has 0 saturated heterocycles. The van der Waals surface area contributed by atoms with E-state index in [-0.39, 0.29) is 16.4 Å². The van der Waals surface area contributed by atoms with Gasteiger partial charge in [-0.15, -0.1) is 0 Å². The van der Waals surface area contributed by atoms with Gasteiger partial charge in [-0.25, -0.2) is 13.2 Å². The highest BCUT2D eigenvalue weighted by Gasteiger charge is 2.16. The monoisotopic (exact) mass is 424 g/mol. The first-order valence-corrected chi connectivity index (χ1v) is 10.5. The Bertz CT molecular complexity index is 1200. The maximum absolute atomic E-state index is 12.7. The second kappa shape index (κ2) is 8.38. The lowest BCUT2D eigenvalue weighted by atomic mass is 10.1. The molecule has 0 spiro atoms. The molecule has 0 saturated carbocycles. The molecular formula is C22H20N2O5S. The van der Waals surface area contributed by atoms with Crippen LogP contribution in [0.25, 0.3) is 11.1 Å². The van der Waals surface area contributed by atoms with Crippen LogP contribution in [0.5, 0.6) is 0 Å². The highest BCUT2D eigenvalue weighted by Crippen LogP contribution is 2.25. The van der Waals surface area contributed by atoms with Gasteiger partial charge in [0.05, 0.1) is 16.1 Å². The van der Waals surface area contributed by atoms with Crippen LogP contribution in [0.15, 0.2) is 71.6 Å². The molecule has 0 radical (unpaired) electrons. The number of carbonyl (C=O) groups excluding carboxylic acids is 1. The summed E-state index contributed by atoms with van der Waals surface area (Å²) >= 11 is 0. The fourth-order valence-corrected chi connectivity index (χ4v) is 4.02. The quantitative estimate of drug-likeness (QED) is 0.551. The van der Waals surface area contributed by atoms with Crippen molar-refractivity contribution in [1.82, 2.24) is 0 Å². The van der Waals surface area contributed by atoms with Crippen LogP contribution in [0.2, 0.25) is 0 Å². The summed E-state index contributed by atoms with van der Waals surface area (Å²) in [7, 11) is -3.83. The largest absolute Gasteiger partial charge is 0.478 e. The van der Waals surface area contributed by atoms with Crippen LogP contribution in [-0.4, -0.2) is 25.4 Å². The number of benzene rings is 3. The zero-order chi connectivity index (χ0) is 21.9. The van der Waals surface area contributed by atoms with Crippen LogP contribution < -0.4 is 10.0 Å². The predicted octanol–water partition coefficient (Wildman–Crippen LogP) is 4.12. The van der Waals surface area contributed by atoms with E-state index in [0.29, 0.717) is 16.9 Å². The van der Waals surface area contributed by atoms with Gasteiger partial charge < -0.3 is 10.4 Å². The van der Waals surface area contributed by atoms with E-state index in [1.807, 2.05) is 12.1 Å². The Labute approximate surface area is 174 Å². The zero-order valence-corrected chi connectivity index (χ0v) is 17.2. The Balaban J connectivity index is 1.79. The molecule has 0 fully saturated rings. The van der Waals surface area contributed by atoms with Gasteiger partial charge in [0, 0.05) is 12.6 Å². The van der Waals surface area contributed by atoms with E-state index >= 15 is 0 Å². The number of hydrogen-bond donors (Lipinski definition) is 3. The topological polar surface area (TPSA) is 113 Å². The first-order chi connectivity index (χ1) is 14.2. The number of nitrogens with one attached hydrogen (secondary N) is 2. The lowest BCUT2D eigenvalue weighted by Gasteiger charge is -2.12. The average molecular weight is 424 g/mol. The van der Waals surface area contributed by atoms with Gasteiger partial charge in [-0.1, -0.05) is 24.3 Å². The zero-order valence-electron chi connectivity index (χ0n) is 16.3. The molecule has 3 aromatic rings. The fourth-order valence-electron chi connectivity index (χ4n) is 2.89. The minimum absolute atomic E-state index is 0.0860.